The minimum absolute atomic E-state index is 0.270. The molecule has 0 saturated heterocycles. The number of carbonyl (C=O) groups is 1. The van der Waals surface area contributed by atoms with Gasteiger partial charge in [-0.2, -0.15) is 0 Å². The van der Waals surface area contributed by atoms with Crippen molar-refractivity contribution >= 4 is 16.9 Å². The molecule has 1 N–H and O–H groups in total. The van der Waals surface area contributed by atoms with Gasteiger partial charge >= 0.3 is 5.97 Å². The summed E-state index contributed by atoms with van der Waals surface area (Å²) in [4.78, 5) is 15.0. The van der Waals surface area contributed by atoms with Gasteiger partial charge in [-0.25, -0.2) is 4.79 Å². The molecule has 0 aliphatic rings. The van der Waals surface area contributed by atoms with Crippen molar-refractivity contribution in [2.45, 2.75) is 20.3 Å². The van der Waals surface area contributed by atoms with E-state index in [9.17, 15) is 4.79 Å². The van der Waals surface area contributed by atoms with Crippen LogP contribution < -0.4 is 0 Å². The Morgan fingerprint density at radius 1 is 1.44 bits per heavy atom. The third-order valence-electron chi connectivity index (χ3n) is 2.86. The number of para-hydroxylation sites is 1. The van der Waals surface area contributed by atoms with Crippen LogP contribution in [0.4, 0.5) is 0 Å². The van der Waals surface area contributed by atoms with E-state index in [0.29, 0.717) is 5.56 Å². The SMILES string of the molecule is CCc1[nH]c2c(C)cccc2c1C(=O)OC. The molecule has 0 aliphatic carbocycles. The number of hydrogen-bond donors (Lipinski definition) is 1. The normalized spacial score (nSPS) is 10.7. The Morgan fingerprint density at radius 3 is 2.81 bits per heavy atom. The van der Waals surface area contributed by atoms with Crippen LogP contribution in [0, 0.1) is 6.92 Å². The minimum atomic E-state index is -0.270. The van der Waals surface area contributed by atoms with E-state index in [2.05, 4.69) is 4.98 Å². The molecule has 0 amide bonds. The number of rotatable bonds is 2. The van der Waals surface area contributed by atoms with Gasteiger partial charge in [0.1, 0.15) is 0 Å². The van der Waals surface area contributed by atoms with Crippen LogP contribution in [-0.2, 0) is 11.2 Å². The largest absolute Gasteiger partial charge is 0.465 e. The van der Waals surface area contributed by atoms with Crippen molar-refractivity contribution in [1.29, 1.82) is 0 Å². The van der Waals surface area contributed by atoms with E-state index in [0.717, 1.165) is 28.6 Å². The molecule has 1 heterocycles. The van der Waals surface area contributed by atoms with Crippen LogP contribution in [0.25, 0.3) is 10.9 Å². The van der Waals surface area contributed by atoms with Crippen molar-refractivity contribution in [1.82, 2.24) is 4.98 Å². The summed E-state index contributed by atoms with van der Waals surface area (Å²) in [6.45, 7) is 4.05. The zero-order valence-electron chi connectivity index (χ0n) is 9.76. The molecular weight excluding hydrogens is 202 g/mol. The molecule has 0 fully saturated rings. The molecule has 0 spiro atoms. The number of hydrogen-bond acceptors (Lipinski definition) is 2. The molecular formula is C13H15NO2. The number of H-pyrrole nitrogens is 1. The Balaban J connectivity index is 2.78. The average molecular weight is 217 g/mol. The number of ether oxygens (including phenoxy) is 1. The van der Waals surface area contributed by atoms with E-state index in [1.165, 1.54) is 7.11 Å². The van der Waals surface area contributed by atoms with Crippen molar-refractivity contribution in [3.63, 3.8) is 0 Å². The minimum Gasteiger partial charge on any atom is -0.465 e. The number of benzene rings is 1. The summed E-state index contributed by atoms with van der Waals surface area (Å²) in [7, 11) is 1.41. The fourth-order valence-corrected chi connectivity index (χ4v) is 2.02. The number of aromatic amines is 1. The number of fused-ring (bicyclic) bond motifs is 1. The zero-order valence-corrected chi connectivity index (χ0v) is 9.76. The van der Waals surface area contributed by atoms with Gasteiger partial charge in [-0.05, 0) is 18.9 Å². The molecule has 0 atom stereocenters. The molecule has 0 aliphatic heterocycles. The molecule has 1 aromatic heterocycles. The smallest absolute Gasteiger partial charge is 0.340 e. The summed E-state index contributed by atoms with van der Waals surface area (Å²) in [6.07, 6.45) is 0.790. The first-order chi connectivity index (χ1) is 7.69. The Bertz CT molecular complexity index is 540. The second-order valence-corrected chi connectivity index (χ2v) is 3.82. The Labute approximate surface area is 94.4 Å². The Kier molecular flexibility index (Phi) is 2.69. The average Bonchev–Trinajstić information content (AvgIpc) is 2.68. The highest BCUT2D eigenvalue weighted by Crippen LogP contribution is 2.25. The van der Waals surface area contributed by atoms with Crippen LogP contribution in [0.3, 0.4) is 0 Å². The quantitative estimate of drug-likeness (QED) is 0.786. The second kappa shape index (κ2) is 4.00. The molecule has 2 aromatic rings. The lowest BCUT2D eigenvalue weighted by Crippen LogP contribution is -2.03. The first-order valence-corrected chi connectivity index (χ1v) is 5.37. The predicted molar refractivity (Wildman–Crippen MR) is 63.8 cm³/mol. The van der Waals surface area contributed by atoms with Crippen LogP contribution in [0.1, 0.15) is 28.5 Å². The van der Waals surface area contributed by atoms with Gasteiger partial charge in [-0.3, -0.25) is 0 Å². The highest BCUT2D eigenvalue weighted by atomic mass is 16.5. The monoisotopic (exact) mass is 217 g/mol. The van der Waals surface area contributed by atoms with E-state index in [1.54, 1.807) is 0 Å². The molecule has 3 heteroatoms. The van der Waals surface area contributed by atoms with Gasteiger partial charge in [-0.1, -0.05) is 25.1 Å². The van der Waals surface area contributed by atoms with Gasteiger partial charge in [0.05, 0.1) is 12.7 Å². The number of carbonyl (C=O) groups excluding carboxylic acids is 1. The van der Waals surface area contributed by atoms with E-state index in [1.807, 2.05) is 32.0 Å². The predicted octanol–water partition coefficient (Wildman–Crippen LogP) is 2.83. The fourth-order valence-electron chi connectivity index (χ4n) is 2.02. The zero-order chi connectivity index (χ0) is 11.7. The van der Waals surface area contributed by atoms with Gasteiger partial charge in [0.25, 0.3) is 0 Å². The molecule has 1 aromatic carbocycles. The fraction of sp³-hybridized carbons (Fsp3) is 0.308. The molecule has 0 unspecified atom stereocenters. The Hall–Kier alpha value is -1.77. The summed E-state index contributed by atoms with van der Waals surface area (Å²) in [5.41, 5.74) is 3.78. The lowest BCUT2D eigenvalue weighted by molar-refractivity contribution is 0.0602. The maximum absolute atomic E-state index is 11.7. The highest BCUT2D eigenvalue weighted by Gasteiger charge is 2.18. The number of nitrogens with one attached hydrogen (secondary N) is 1. The van der Waals surface area contributed by atoms with Crippen molar-refractivity contribution in [2.24, 2.45) is 0 Å². The summed E-state index contributed by atoms with van der Waals surface area (Å²) >= 11 is 0. The van der Waals surface area contributed by atoms with Crippen molar-refractivity contribution in [3.05, 3.63) is 35.0 Å². The molecule has 0 bridgehead atoms. The number of aryl methyl sites for hydroxylation is 2. The Morgan fingerprint density at radius 2 is 2.19 bits per heavy atom. The topological polar surface area (TPSA) is 42.1 Å². The van der Waals surface area contributed by atoms with Crippen LogP contribution in [0.2, 0.25) is 0 Å². The van der Waals surface area contributed by atoms with E-state index in [4.69, 9.17) is 4.74 Å². The molecule has 16 heavy (non-hydrogen) atoms. The molecule has 2 rings (SSSR count). The summed E-state index contributed by atoms with van der Waals surface area (Å²) in [5, 5.41) is 0.948. The molecule has 0 radical (unpaired) electrons. The third-order valence-corrected chi connectivity index (χ3v) is 2.86. The standard InChI is InChI=1S/C13H15NO2/c1-4-10-11(13(15)16-3)9-7-5-6-8(2)12(9)14-10/h5-7,14H,4H2,1-3H3. The van der Waals surface area contributed by atoms with E-state index < -0.39 is 0 Å². The molecule has 0 saturated carbocycles. The van der Waals surface area contributed by atoms with Crippen molar-refractivity contribution in [2.75, 3.05) is 7.11 Å². The first kappa shape index (κ1) is 10.7. The maximum Gasteiger partial charge on any atom is 0.340 e. The van der Waals surface area contributed by atoms with Crippen molar-refractivity contribution < 1.29 is 9.53 Å². The number of methoxy groups -OCH3 is 1. The van der Waals surface area contributed by atoms with Crippen LogP contribution in [0.15, 0.2) is 18.2 Å². The van der Waals surface area contributed by atoms with Gasteiger partial charge in [0.15, 0.2) is 0 Å². The lowest BCUT2D eigenvalue weighted by atomic mass is 10.1. The number of aromatic nitrogens is 1. The second-order valence-electron chi connectivity index (χ2n) is 3.82. The summed E-state index contributed by atoms with van der Waals surface area (Å²) in [5.74, 6) is -0.270. The van der Waals surface area contributed by atoms with Gasteiger partial charge in [-0.15, -0.1) is 0 Å². The third kappa shape index (κ3) is 1.48. The van der Waals surface area contributed by atoms with Gasteiger partial charge in [0, 0.05) is 16.6 Å². The van der Waals surface area contributed by atoms with E-state index in [-0.39, 0.29) is 5.97 Å². The molecule has 84 valence electrons. The van der Waals surface area contributed by atoms with Crippen LogP contribution >= 0.6 is 0 Å². The number of esters is 1. The maximum atomic E-state index is 11.7. The van der Waals surface area contributed by atoms with Crippen molar-refractivity contribution in [3.8, 4) is 0 Å². The van der Waals surface area contributed by atoms with Gasteiger partial charge < -0.3 is 9.72 Å². The van der Waals surface area contributed by atoms with E-state index >= 15 is 0 Å². The van der Waals surface area contributed by atoms with Gasteiger partial charge in [0.2, 0.25) is 0 Å². The van der Waals surface area contributed by atoms with Crippen LogP contribution in [0.5, 0.6) is 0 Å². The highest BCUT2D eigenvalue weighted by molar-refractivity contribution is 6.06. The van der Waals surface area contributed by atoms with Crippen LogP contribution in [-0.4, -0.2) is 18.1 Å². The summed E-state index contributed by atoms with van der Waals surface area (Å²) in [6, 6.07) is 5.93. The first-order valence-electron chi connectivity index (χ1n) is 5.37. The lowest BCUT2D eigenvalue weighted by Gasteiger charge is -2.00. The molecule has 3 nitrogen and oxygen atoms in total. The summed E-state index contributed by atoms with van der Waals surface area (Å²) < 4.78 is 4.83.